The molecule has 38 heavy (non-hydrogen) atoms. The molecule has 1 saturated heterocycles. The van der Waals surface area contributed by atoms with Crippen molar-refractivity contribution < 1.29 is 4.74 Å². The molecular weight excluding hydrogens is 526 g/mol. The lowest BCUT2D eigenvalue weighted by Gasteiger charge is -2.37. The van der Waals surface area contributed by atoms with Crippen LogP contribution in [0, 0.1) is 0 Å². The SMILES string of the molecule is COc1ccccc1NC(=S)N1CCN(c2nc3c(c(=O)n(C)c(=O)n3C)n2Cc2ccc(Cl)cc2)CC1. The van der Waals surface area contributed by atoms with Crippen molar-refractivity contribution in [3.63, 3.8) is 0 Å². The second kappa shape index (κ2) is 10.5. The zero-order valence-electron chi connectivity index (χ0n) is 21.3. The number of para-hydroxylation sites is 2. The van der Waals surface area contributed by atoms with Gasteiger partial charge in [-0.3, -0.25) is 18.5 Å². The Hall–Kier alpha value is -3.83. The Morgan fingerprint density at radius 3 is 2.39 bits per heavy atom. The third-order valence-electron chi connectivity index (χ3n) is 6.78. The first-order valence-corrected chi connectivity index (χ1v) is 12.9. The van der Waals surface area contributed by atoms with Crippen molar-refractivity contribution in [3.05, 3.63) is 80.0 Å². The van der Waals surface area contributed by atoms with E-state index >= 15 is 0 Å². The van der Waals surface area contributed by atoms with Gasteiger partial charge in [-0.05, 0) is 42.0 Å². The van der Waals surface area contributed by atoms with E-state index in [1.807, 2.05) is 53.1 Å². The molecule has 1 N–H and O–H groups in total. The minimum atomic E-state index is -0.414. The van der Waals surface area contributed by atoms with E-state index in [2.05, 4.69) is 15.1 Å². The highest BCUT2D eigenvalue weighted by molar-refractivity contribution is 7.80. The zero-order chi connectivity index (χ0) is 27.0. The summed E-state index contributed by atoms with van der Waals surface area (Å²) in [6, 6.07) is 15.1. The number of nitrogens with one attached hydrogen (secondary N) is 1. The normalized spacial score (nSPS) is 13.7. The molecule has 1 aliphatic rings. The number of nitrogens with zero attached hydrogens (tertiary/aromatic N) is 6. The summed E-state index contributed by atoms with van der Waals surface area (Å²) in [6.45, 7) is 2.98. The molecule has 0 amide bonds. The molecule has 2 aromatic carbocycles. The molecule has 0 atom stereocenters. The molecular formula is C26H28ClN7O3S. The lowest BCUT2D eigenvalue weighted by atomic mass is 10.2. The summed E-state index contributed by atoms with van der Waals surface area (Å²) < 4.78 is 9.85. The standard InChI is InChI=1S/C26H28ClN7O3S/c1-30-22-21(23(35)31(2)26(30)36)34(16-17-8-10-18(27)11-9-17)24(29-22)32-12-14-33(15-13-32)25(38)28-19-6-4-5-7-20(19)37-3/h4-11H,12-16H2,1-3H3,(H,28,38). The topological polar surface area (TPSA) is 89.6 Å². The zero-order valence-corrected chi connectivity index (χ0v) is 22.9. The number of thiocarbonyl (C=S) groups is 1. The Morgan fingerprint density at radius 1 is 1.03 bits per heavy atom. The van der Waals surface area contributed by atoms with Crippen LogP contribution in [-0.4, -0.2) is 62.0 Å². The first kappa shape index (κ1) is 25.8. The van der Waals surface area contributed by atoms with Gasteiger partial charge in [0.15, 0.2) is 16.3 Å². The van der Waals surface area contributed by atoms with E-state index in [0.29, 0.717) is 60.0 Å². The van der Waals surface area contributed by atoms with Gasteiger partial charge in [-0.1, -0.05) is 35.9 Å². The van der Waals surface area contributed by atoms with Crippen LogP contribution in [-0.2, 0) is 20.6 Å². The summed E-state index contributed by atoms with van der Waals surface area (Å²) in [5.74, 6) is 1.35. The van der Waals surface area contributed by atoms with Crippen molar-refractivity contribution in [2.75, 3.05) is 43.5 Å². The lowest BCUT2D eigenvalue weighted by Crippen LogP contribution is -2.50. The maximum Gasteiger partial charge on any atom is 0.332 e. The van der Waals surface area contributed by atoms with E-state index in [9.17, 15) is 9.59 Å². The molecule has 2 aromatic heterocycles. The molecule has 4 aromatic rings. The predicted molar refractivity (Wildman–Crippen MR) is 154 cm³/mol. The third kappa shape index (κ3) is 4.74. The van der Waals surface area contributed by atoms with Crippen LogP contribution in [0.1, 0.15) is 5.56 Å². The van der Waals surface area contributed by atoms with Crippen LogP contribution in [0.3, 0.4) is 0 Å². The first-order chi connectivity index (χ1) is 18.3. The van der Waals surface area contributed by atoms with E-state index < -0.39 is 5.69 Å². The van der Waals surface area contributed by atoms with Gasteiger partial charge >= 0.3 is 5.69 Å². The molecule has 0 unspecified atom stereocenters. The molecule has 12 heteroatoms. The highest BCUT2D eigenvalue weighted by Gasteiger charge is 2.26. The monoisotopic (exact) mass is 553 g/mol. The van der Waals surface area contributed by atoms with E-state index in [-0.39, 0.29) is 5.56 Å². The van der Waals surface area contributed by atoms with E-state index in [1.54, 1.807) is 14.2 Å². The van der Waals surface area contributed by atoms with Crippen LogP contribution < -0.4 is 26.2 Å². The van der Waals surface area contributed by atoms with Crippen molar-refractivity contribution in [2.45, 2.75) is 6.54 Å². The number of methoxy groups -OCH3 is 1. The Balaban J connectivity index is 1.44. The number of imidazole rings is 1. The van der Waals surface area contributed by atoms with E-state index in [0.717, 1.165) is 21.6 Å². The Bertz CT molecular complexity index is 1620. The fourth-order valence-corrected chi connectivity index (χ4v) is 5.07. The van der Waals surface area contributed by atoms with Gasteiger partial charge < -0.3 is 19.9 Å². The molecule has 0 radical (unpaired) electrons. The van der Waals surface area contributed by atoms with Crippen LogP contribution in [0.2, 0.25) is 5.02 Å². The number of halogens is 1. The molecule has 198 valence electrons. The minimum Gasteiger partial charge on any atom is -0.495 e. The van der Waals surface area contributed by atoms with Crippen LogP contribution in [0.25, 0.3) is 11.2 Å². The molecule has 0 aliphatic carbocycles. The quantitative estimate of drug-likeness (QED) is 0.377. The van der Waals surface area contributed by atoms with Gasteiger partial charge in [0, 0.05) is 45.3 Å². The second-order valence-electron chi connectivity index (χ2n) is 9.11. The molecule has 0 saturated carbocycles. The number of hydrogen-bond acceptors (Lipinski definition) is 6. The van der Waals surface area contributed by atoms with Gasteiger partial charge in [-0.25, -0.2) is 4.79 Å². The number of anilines is 2. The molecule has 1 fully saturated rings. The van der Waals surface area contributed by atoms with Crippen molar-refractivity contribution in [1.82, 2.24) is 23.6 Å². The third-order valence-corrected chi connectivity index (χ3v) is 7.39. The molecule has 3 heterocycles. The van der Waals surface area contributed by atoms with Crippen LogP contribution in [0.5, 0.6) is 5.75 Å². The number of benzene rings is 2. The van der Waals surface area contributed by atoms with Crippen molar-refractivity contribution in [3.8, 4) is 5.75 Å². The summed E-state index contributed by atoms with van der Waals surface area (Å²) in [5.41, 5.74) is 1.73. The summed E-state index contributed by atoms with van der Waals surface area (Å²) in [4.78, 5) is 34.9. The van der Waals surface area contributed by atoms with Gasteiger partial charge in [0.05, 0.1) is 19.3 Å². The van der Waals surface area contributed by atoms with Crippen molar-refractivity contribution in [2.24, 2.45) is 14.1 Å². The smallest absolute Gasteiger partial charge is 0.332 e. The van der Waals surface area contributed by atoms with Crippen molar-refractivity contribution >= 4 is 51.7 Å². The number of ether oxygens (including phenoxy) is 1. The van der Waals surface area contributed by atoms with Gasteiger partial charge in [-0.2, -0.15) is 4.98 Å². The maximum atomic E-state index is 13.2. The maximum absolute atomic E-state index is 13.2. The average molecular weight is 554 g/mol. The lowest BCUT2D eigenvalue weighted by molar-refractivity contribution is 0.386. The van der Waals surface area contributed by atoms with Gasteiger partial charge in [0.1, 0.15) is 5.75 Å². The fourth-order valence-electron chi connectivity index (χ4n) is 4.65. The number of fused-ring (bicyclic) bond motifs is 1. The fraction of sp³-hybridized carbons (Fsp3) is 0.308. The predicted octanol–water partition coefficient (Wildman–Crippen LogP) is 2.66. The molecule has 0 bridgehead atoms. The van der Waals surface area contributed by atoms with Crippen molar-refractivity contribution in [1.29, 1.82) is 0 Å². The van der Waals surface area contributed by atoms with Gasteiger partial charge in [0.2, 0.25) is 5.95 Å². The summed E-state index contributed by atoms with van der Waals surface area (Å²) >= 11 is 11.8. The van der Waals surface area contributed by atoms with Gasteiger partial charge in [0.25, 0.3) is 5.56 Å². The Labute approximate surface area is 229 Å². The van der Waals surface area contributed by atoms with Gasteiger partial charge in [-0.15, -0.1) is 0 Å². The number of aryl methyl sites for hydroxylation is 1. The van der Waals surface area contributed by atoms with E-state index in [1.165, 1.54) is 11.6 Å². The number of rotatable bonds is 5. The van der Waals surface area contributed by atoms with Crippen LogP contribution >= 0.6 is 23.8 Å². The van der Waals surface area contributed by atoms with Crippen LogP contribution in [0.4, 0.5) is 11.6 Å². The molecule has 5 rings (SSSR count). The number of aromatic nitrogens is 4. The highest BCUT2D eigenvalue weighted by atomic mass is 35.5. The Kier molecular flexibility index (Phi) is 7.13. The number of hydrogen-bond donors (Lipinski definition) is 1. The largest absolute Gasteiger partial charge is 0.495 e. The molecule has 1 aliphatic heterocycles. The number of piperazine rings is 1. The summed E-state index contributed by atoms with van der Waals surface area (Å²) in [7, 11) is 4.74. The Morgan fingerprint density at radius 2 is 1.71 bits per heavy atom. The summed E-state index contributed by atoms with van der Waals surface area (Å²) in [5, 5.41) is 4.53. The first-order valence-electron chi connectivity index (χ1n) is 12.1. The van der Waals surface area contributed by atoms with Crippen LogP contribution in [0.15, 0.2) is 58.1 Å². The average Bonchev–Trinajstić information content (AvgIpc) is 3.31. The highest BCUT2D eigenvalue weighted by Crippen LogP contribution is 2.25. The molecule has 0 spiro atoms. The second-order valence-corrected chi connectivity index (χ2v) is 9.93. The molecule has 10 nitrogen and oxygen atoms in total. The summed E-state index contributed by atoms with van der Waals surface area (Å²) in [6.07, 6.45) is 0. The van der Waals surface area contributed by atoms with E-state index in [4.69, 9.17) is 33.5 Å². The minimum absolute atomic E-state index is 0.359.